The molecule has 1 fully saturated rings. The van der Waals surface area contributed by atoms with Crippen molar-refractivity contribution in [2.24, 2.45) is 5.92 Å². The normalized spacial score (nSPS) is 18.3. The highest BCUT2D eigenvalue weighted by Gasteiger charge is 2.18. The fourth-order valence-electron chi connectivity index (χ4n) is 3.50. The number of fused-ring (bicyclic) bond motifs is 1. The molecule has 0 bridgehead atoms. The number of rotatable bonds is 4. The minimum atomic E-state index is -0.204. The first-order chi connectivity index (χ1) is 12.6. The molecule has 5 nitrogen and oxygen atoms in total. The van der Waals surface area contributed by atoms with E-state index in [9.17, 15) is 4.79 Å². The van der Waals surface area contributed by atoms with Gasteiger partial charge in [-0.25, -0.2) is 4.98 Å². The van der Waals surface area contributed by atoms with Crippen molar-refractivity contribution < 1.29 is 4.79 Å². The van der Waals surface area contributed by atoms with Crippen LogP contribution in [0, 0.1) is 5.92 Å². The predicted molar refractivity (Wildman–Crippen MR) is 107 cm³/mol. The third-order valence-corrected chi connectivity index (χ3v) is 5.89. The number of nitrogens with one attached hydrogen (secondary N) is 2. The van der Waals surface area contributed by atoms with Gasteiger partial charge in [-0.2, -0.15) is 0 Å². The summed E-state index contributed by atoms with van der Waals surface area (Å²) in [5.41, 5.74) is 2.34. The van der Waals surface area contributed by atoms with Crippen molar-refractivity contribution in [1.82, 2.24) is 14.9 Å². The van der Waals surface area contributed by atoms with Crippen LogP contribution in [-0.2, 0) is 6.54 Å². The van der Waals surface area contributed by atoms with Crippen LogP contribution in [0.15, 0.2) is 29.6 Å². The Kier molecular flexibility index (Phi) is 4.98. The molecule has 0 radical (unpaired) electrons. The van der Waals surface area contributed by atoms with E-state index in [2.05, 4.69) is 27.1 Å². The molecule has 1 aliphatic rings. The third kappa shape index (κ3) is 3.77. The SMILES string of the molecule is CC1CCCN(Cc2csc(NC(=O)c3cc4c(Cl)cccc4[nH]3)n2)C1. The first-order valence-electron chi connectivity index (χ1n) is 8.84. The van der Waals surface area contributed by atoms with Crippen LogP contribution in [-0.4, -0.2) is 33.9 Å². The maximum absolute atomic E-state index is 12.5. The summed E-state index contributed by atoms with van der Waals surface area (Å²) in [7, 11) is 0. The van der Waals surface area contributed by atoms with Gasteiger partial charge >= 0.3 is 0 Å². The zero-order valence-electron chi connectivity index (χ0n) is 14.6. The van der Waals surface area contributed by atoms with Gasteiger partial charge in [0.1, 0.15) is 5.69 Å². The number of benzene rings is 1. The quantitative estimate of drug-likeness (QED) is 0.677. The van der Waals surface area contributed by atoms with E-state index in [1.54, 1.807) is 6.07 Å². The van der Waals surface area contributed by atoms with Gasteiger partial charge in [-0.05, 0) is 43.5 Å². The number of hydrogen-bond acceptors (Lipinski definition) is 4. The lowest BCUT2D eigenvalue weighted by Gasteiger charge is -2.30. The lowest BCUT2D eigenvalue weighted by atomic mass is 10.0. The van der Waals surface area contributed by atoms with Crippen molar-refractivity contribution in [1.29, 1.82) is 0 Å². The van der Waals surface area contributed by atoms with E-state index in [1.165, 1.54) is 24.2 Å². The summed E-state index contributed by atoms with van der Waals surface area (Å²) in [6.07, 6.45) is 2.56. The Morgan fingerprint density at radius 2 is 2.38 bits per heavy atom. The van der Waals surface area contributed by atoms with Gasteiger partial charge in [0, 0.05) is 34.4 Å². The second kappa shape index (κ2) is 7.39. The van der Waals surface area contributed by atoms with E-state index in [0.717, 1.165) is 42.1 Å². The highest BCUT2D eigenvalue weighted by atomic mass is 35.5. The standard InChI is InChI=1S/C19H21ClN4OS/c1-12-4-3-7-24(9-12)10-13-11-26-19(21-13)23-18(25)17-8-14-15(20)5-2-6-16(14)22-17/h2,5-6,8,11-12,22H,3-4,7,9-10H2,1H3,(H,21,23,25). The average Bonchev–Trinajstić information content (AvgIpc) is 3.22. The lowest BCUT2D eigenvalue weighted by Crippen LogP contribution is -2.33. The summed E-state index contributed by atoms with van der Waals surface area (Å²) >= 11 is 7.64. The van der Waals surface area contributed by atoms with Crippen LogP contribution in [0.1, 0.15) is 35.9 Å². The molecule has 3 aromatic rings. The maximum atomic E-state index is 12.5. The zero-order valence-corrected chi connectivity index (χ0v) is 16.2. The molecule has 1 aromatic carbocycles. The molecule has 2 aromatic heterocycles. The van der Waals surface area contributed by atoms with Crippen molar-refractivity contribution in [3.05, 3.63) is 46.1 Å². The second-order valence-electron chi connectivity index (χ2n) is 6.96. The number of amides is 1. The number of H-pyrrole nitrogens is 1. The maximum Gasteiger partial charge on any atom is 0.273 e. The number of hydrogen-bond donors (Lipinski definition) is 2. The van der Waals surface area contributed by atoms with Gasteiger partial charge in [0.15, 0.2) is 5.13 Å². The monoisotopic (exact) mass is 388 g/mol. The Morgan fingerprint density at radius 1 is 1.50 bits per heavy atom. The number of carbonyl (C=O) groups excluding carboxylic acids is 1. The molecule has 4 rings (SSSR count). The van der Waals surface area contributed by atoms with Crippen molar-refractivity contribution >= 4 is 44.9 Å². The molecule has 0 aliphatic carbocycles. The molecule has 136 valence electrons. The summed E-state index contributed by atoms with van der Waals surface area (Å²) in [4.78, 5) is 22.6. The van der Waals surface area contributed by atoms with Gasteiger partial charge in [0.25, 0.3) is 5.91 Å². The fraction of sp³-hybridized carbons (Fsp3) is 0.368. The van der Waals surface area contributed by atoms with Crippen molar-refractivity contribution in [2.75, 3.05) is 18.4 Å². The Labute approximate surface area is 161 Å². The fourth-order valence-corrected chi connectivity index (χ4v) is 4.43. The van der Waals surface area contributed by atoms with E-state index >= 15 is 0 Å². The van der Waals surface area contributed by atoms with Crippen molar-refractivity contribution in [3.63, 3.8) is 0 Å². The summed E-state index contributed by atoms with van der Waals surface area (Å²) in [5.74, 6) is 0.542. The van der Waals surface area contributed by atoms with Gasteiger partial charge in [0.05, 0.1) is 5.69 Å². The van der Waals surface area contributed by atoms with Gasteiger partial charge in [-0.15, -0.1) is 11.3 Å². The number of piperidine rings is 1. The highest BCUT2D eigenvalue weighted by molar-refractivity contribution is 7.14. The number of likely N-dealkylation sites (tertiary alicyclic amines) is 1. The number of halogens is 1. The molecule has 1 aliphatic heterocycles. The van der Waals surface area contributed by atoms with E-state index in [-0.39, 0.29) is 5.91 Å². The summed E-state index contributed by atoms with van der Waals surface area (Å²) in [6, 6.07) is 7.35. The first kappa shape index (κ1) is 17.5. The summed E-state index contributed by atoms with van der Waals surface area (Å²) in [6.45, 7) is 5.39. The second-order valence-corrected chi connectivity index (χ2v) is 8.23. The zero-order chi connectivity index (χ0) is 18.1. The minimum Gasteiger partial charge on any atom is -0.350 e. The molecule has 0 saturated carbocycles. The van der Waals surface area contributed by atoms with Gasteiger partial charge in [0.2, 0.25) is 0 Å². The number of anilines is 1. The smallest absolute Gasteiger partial charge is 0.273 e. The van der Waals surface area contributed by atoms with Gasteiger partial charge in [-0.3, -0.25) is 15.0 Å². The Balaban J connectivity index is 1.43. The minimum absolute atomic E-state index is 0.204. The average molecular weight is 389 g/mol. The molecular weight excluding hydrogens is 368 g/mol. The first-order valence-corrected chi connectivity index (χ1v) is 10.1. The number of aromatic nitrogens is 2. The van der Waals surface area contributed by atoms with E-state index in [1.807, 2.05) is 23.6 Å². The van der Waals surface area contributed by atoms with Crippen LogP contribution in [0.4, 0.5) is 5.13 Å². The van der Waals surface area contributed by atoms with Crippen LogP contribution in [0.3, 0.4) is 0 Å². The number of thiazole rings is 1. The Bertz CT molecular complexity index is 935. The molecular formula is C19H21ClN4OS. The van der Waals surface area contributed by atoms with Crippen LogP contribution in [0.2, 0.25) is 5.02 Å². The van der Waals surface area contributed by atoms with E-state index in [4.69, 9.17) is 11.6 Å². The molecule has 1 atom stereocenters. The highest BCUT2D eigenvalue weighted by Crippen LogP contribution is 2.25. The molecule has 2 N–H and O–H groups in total. The summed E-state index contributed by atoms with van der Waals surface area (Å²) in [5, 5.41) is 7.01. The summed E-state index contributed by atoms with van der Waals surface area (Å²) < 4.78 is 0. The molecule has 26 heavy (non-hydrogen) atoms. The molecule has 1 saturated heterocycles. The number of aromatic amines is 1. The van der Waals surface area contributed by atoms with Crippen LogP contribution >= 0.6 is 22.9 Å². The van der Waals surface area contributed by atoms with Gasteiger partial charge in [-0.1, -0.05) is 24.6 Å². The van der Waals surface area contributed by atoms with E-state index in [0.29, 0.717) is 15.8 Å². The van der Waals surface area contributed by atoms with Crippen LogP contribution in [0.5, 0.6) is 0 Å². The molecule has 1 unspecified atom stereocenters. The van der Waals surface area contributed by atoms with Crippen molar-refractivity contribution in [2.45, 2.75) is 26.3 Å². The molecule has 0 spiro atoms. The van der Waals surface area contributed by atoms with Gasteiger partial charge < -0.3 is 4.98 Å². The third-order valence-electron chi connectivity index (χ3n) is 4.75. The molecule has 3 heterocycles. The Hall–Kier alpha value is -1.89. The van der Waals surface area contributed by atoms with Crippen molar-refractivity contribution in [3.8, 4) is 0 Å². The molecule has 1 amide bonds. The Morgan fingerprint density at radius 3 is 3.19 bits per heavy atom. The topological polar surface area (TPSA) is 61.0 Å². The lowest BCUT2D eigenvalue weighted by molar-refractivity contribution is 0.102. The number of nitrogens with zero attached hydrogens (tertiary/aromatic N) is 2. The predicted octanol–water partition coefficient (Wildman–Crippen LogP) is 4.76. The number of carbonyl (C=O) groups is 1. The van der Waals surface area contributed by atoms with Crippen LogP contribution < -0.4 is 5.32 Å². The van der Waals surface area contributed by atoms with Crippen LogP contribution in [0.25, 0.3) is 10.9 Å². The van der Waals surface area contributed by atoms with E-state index < -0.39 is 0 Å². The molecule has 7 heteroatoms. The largest absolute Gasteiger partial charge is 0.350 e.